The molecule has 0 aliphatic heterocycles. The first kappa shape index (κ1) is 13.1. The summed E-state index contributed by atoms with van der Waals surface area (Å²) in [6, 6.07) is 11.0. The van der Waals surface area contributed by atoms with E-state index < -0.39 is 11.2 Å². The van der Waals surface area contributed by atoms with Crippen LogP contribution in [0.15, 0.2) is 57.9 Å². The van der Waals surface area contributed by atoms with Gasteiger partial charge in [0.15, 0.2) is 17.9 Å². The van der Waals surface area contributed by atoms with Crippen molar-refractivity contribution in [3.05, 3.63) is 70.3 Å². The van der Waals surface area contributed by atoms with Gasteiger partial charge in [0.1, 0.15) is 17.6 Å². The summed E-state index contributed by atoms with van der Waals surface area (Å²) in [5.74, 6) is -0.306. The first-order valence-corrected chi connectivity index (χ1v) is 6.12. The lowest BCUT2D eigenvalue weighted by Gasteiger charge is -2.07. The SMILES string of the molecule is O=Cc1coc2cc(Oc3ccccc3)c(F)cc2c1=O. The van der Waals surface area contributed by atoms with E-state index in [2.05, 4.69) is 0 Å². The quantitative estimate of drug-likeness (QED) is 0.690. The number of carbonyl (C=O) groups excluding carboxylic acids is 1. The fourth-order valence-corrected chi connectivity index (χ4v) is 1.92. The van der Waals surface area contributed by atoms with E-state index in [0.717, 1.165) is 12.3 Å². The molecule has 3 rings (SSSR count). The summed E-state index contributed by atoms with van der Waals surface area (Å²) in [6.07, 6.45) is 1.42. The van der Waals surface area contributed by atoms with E-state index in [-0.39, 0.29) is 22.3 Å². The summed E-state index contributed by atoms with van der Waals surface area (Å²) in [4.78, 5) is 22.6. The van der Waals surface area contributed by atoms with Crippen LogP contribution in [0.25, 0.3) is 11.0 Å². The first-order chi connectivity index (χ1) is 10.2. The highest BCUT2D eigenvalue weighted by Crippen LogP contribution is 2.27. The molecular formula is C16H9FO4. The maximum atomic E-state index is 14.0. The molecule has 0 bridgehead atoms. The molecule has 0 amide bonds. The molecule has 0 atom stereocenters. The minimum Gasteiger partial charge on any atom is -0.463 e. The third kappa shape index (κ3) is 2.41. The fourth-order valence-electron chi connectivity index (χ4n) is 1.92. The average molecular weight is 284 g/mol. The Hall–Kier alpha value is -2.95. The standard InChI is InChI=1S/C16H9FO4/c17-13-6-12-14(20-9-10(8-18)16(12)19)7-15(13)21-11-4-2-1-3-5-11/h1-9H. The van der Waals surface area contributed by atoms with Crippen molar-refractivity contribution >= 4 is 17.3 Å². The normalized spacial score (nSPS) is 10.5. The van der Waals surface area contributed by atoms with E-state index in [1.807, 2.05) is 6.07 Å². The fraction of sp³-hybridized carbons (Fsp3) is 0. The number of ether oxygens (including phenoxy) is 1. The number of rotatable bonds is 3. The minimum atomic E-state index is -0.707. The summed E-state index contributed by atoms with van der Waals surface area (Å²) in [6.45, 7) is 0. The second-order valence-corrected chi connectivity index (χ2v) is 4.33. The molecule has 2 aromatic carbocycles. The largest absolute Gasteiger partial charge is 0.463 e. The Kier molecular flexibility index (Phi) is 3.23. The van der Waals surface area contributed by atoms with Gasteiger partial charge in [0.25, 0.3) is 0 Å². The first-order valence-electron chi connectivity index (χ1n) is 6.12. The van der Waals surface area contributed by atoms with Crippen LogP contribution in [0.5, 0.6) is 11.5 Å². The van der Waals surface area contributed by atoms with Gasteiger partial charge in [-0.2, -0.15) is 0 Å². The molecule has 0 saturated carbocycles. The molecule has 3 aromatic rings. The number of fused-ring (bicyclic) bond motifs is 1. The Morgan fingerprint density at radius 1 is 1.14 bits per heavy atom. The van der Waals surface area contributed by atoms with E-state index in [1.165, 1.54) is 6.07 Å². The van der Waals surface area contributed by atoms with Gasteiger partial charge in [0, 0.05) is 6.07 Å². The topological polar surface area (TPSA) is 56.5 Å². The second kappa shape index (κ2) is 5.20. The van der Waals surface area contributed by atoms with Crippen molar-refractivity contribution in [2.24, 2.45) is 0 Å². The van der Waals surface area contributed by atoms with Crippen molar-refractivity contribution in [2.45, 2.75) is 0 Å². The van der Waals surface area contributed by atoms with Crippen LogP contribution >= 0.6 is 0 Å². The van der Waals surface area contributed by atoms with E-state index in [1.54, 1.807) is 24.3 Å². The number of carbonyl (C=O) groups is 1. The molecule has 4 nitrogen and oxygen atoms in total. The third-order valence-corrected chi connectivity index (χ3v) is 2.95. The molecule has 1 heterocycles. The van der Waals surface area contributed by atoms with Crippen LogP contribution in [0.2, 0.25) is 0 Å². The molecule has 0 unspecified atom stereocenters. The maximum Gasteiger partial charge on any atom is 0.203 e. The van der Waals surface area contributed by atoms with Gasteiger partial charge in [-0.15, -0.1) is 0 Å². The Bertz CT molecular complexity index is 869. The molecule has 0 fully saturated rings. The highest BCUT2D eigenvalue weighted by molar-refractivity contribution is 5.84. The van der Waals surface area contributed by atoms with Crippen LogP contribution in [0.3, 0.4) is 0 Å². The highest BCUT2D eigenvalue weighted by Gasteiger charge is 2.12. The van der Waals surface area contributed by atoms with Gasteiger partial charge < -0.3 is 9.15 Å². The second-order valence-electron chi connectivity index (χ2n) is 4.33. The summed E-state index contributed by atoms with van der Waals surface area (Å²) >= 11 is 0. The molecule has 5 heteroatoms. The van der Waals surface area contributed by atoms with E-state index in [0.29, 0.717) is 12.0 Å². The molecular weight excluding hydrogens is 275 g/mol. The number of hydrogen-bond acceptors (Lipinski definition) is 4. The number of para-hydroxylation sites is 1. The van der Waals surface area contributed by atoms with Crippen molar-refractivity contribution in [2.75, 3.05) is 0 Å². The highest BCUT2D eigenvalue weighted by atomic mass is 19.1. The smallest absolute Gasteiger partial charge is 0.203 e. The Balaban J connectivity index is 2.12. The van der Waals surface area contributed by atoms with Crippen LogP contribution < -0.4 is 10.2 Å². The molecule has 0 saturated heterocycles. The lowest BCUT2D eigenvalue weighted by atomic mass is 10.1. The van der Waals surface area contributed by atoms with Crippen molar-refractivity contribution in [1.29, 1.82) is 0 Å². The number of aldehydes is 1. The zero-order chi connectivity index (χ0) is 14.8. The van der Waals surface area contributed by atoms with Gasteiger partial charge in [-0.05, 0) is 18.2 Å². The monoisotopic (exact) mass is 284 g/mol. The average Bonchev–Trinajstić information content (AvgIpc) is 2.50. The van der Waals surface area contributed by atoms with Gasteiger partial charge in [-0.3, -0.25) is 9.59 Å². The predicted molar refractivity (Wildman–Crippen MR) is 74.3 cm³/mol. The molecule has 104 valence electrons. The van der Waals surface area contributed by atoms with Gasteiger partial charge in [0.2, 0.25) is 5.43 Å². The summed E-state index contributed by atoms with van der Waals surface area (Å²) < 4.78 is 24.6. The van der Waals surface area contributed by atoms with Crippen LogP contribution in [0.4, 0.5) is 4.39 Å². The molecule has 0 aliphatic rings. The van der Waals surface area contributed by atoms with Crippen molar-refractivity contribution in [3.63, 3.8) is 0 Å². The molecule has 0 N–H and O–H groups in total. The van der Waals surface area contributed by atoms with Gasteiger partial charge >= 0.3 is 0 Å². The summed E-state index contributed by atoms with van der Waals surface area (Å²) in [5, 5.41) is -0.00230. The maximum absolute atomic E-state index is 14.0. The zero-order valence-corrected chi connectivity index (χ0v) is 10.7. The van der Waals surface area contributed by atoms with Crippen LogP contribution in [0.1, 0.15) is 10.4 Å². The Morgan fingerprint density at radius 3 is 2.62 bits per heavy atom. The Morgan fingerprint density at radius 2 is 1.90 bits per heavy atom. The predicted octanol–water partition coefficient (Wildman–Crippen LogP) is 3.54. The summed E-state index contributed by atoms with van der Waals surface area (Å²) in [7, 11) is 0. The third-order valence-electron chi connectivity index (χ3n) is 2.95. The van der Waals surface area contributed by atoms with Crippen LogP contribution in [-0.4, -0.2) is 6.29 Å². The van der Waals surface area contributed by atoms with Gasteiger partial charge in [-0.1, -0.05) is 18.2 Å². The molecule has 0 radical (unpaired) electrons. The molecule has 1 aromatic heterocycles. The lowest BCUT2D eigenvalue weighted by molar-refractivity contribution is 0.112. The number of hydrogen-bond donors (Lipinski definition) is 0. The number of halogens is 1. The Labute approximate surface area is 118 Å². The van der Waals surface area contributed by atoms with E-state index in [4.69, 9.17) is 9.15 Å². The van der Waals surface area contributed by atoms with Crippen molar-refractivity contribution in [1.82, 2.24) is 0 Å². The van der Waals surface area contributed by atoms with Crippen LogP contribution in [-0.2, 0) is 0 Å². The van der Waals surface area contributed by atoms with Gasteiger partial charge in [-0.25, -0.2) is 4.39 Å². The van der Waals surface area contributed by atoms with E-state index in [9.17, 15) is 14.0 Å². The zero-order valence-electron chi connectivity index (χ0n) is 10.7. The lowest BCUT2D eigenvalue weighted by Crippen LogP contribution is -2.08. The minimum absolute atomic E-state index is 0.00230. The molecule has 0 aliphatic carbocycles. The molecule has 21 heavy (non-hydrogen) atoms. The number of benzene rings is 2. The van der Waals surface area contributed by atoms with E-state index >= 15 is 0 Å². The molecule has 0 spiro atoms. The van der Waals surface area contributed by atoms with Crippen LogP contribution in [0, 0.1) is 5.82 Å². The van der Waals surface area contributed by atoms with Crippen molar-refractivity contribution in [3.8, 4) is 11.5 Å². The van der Waals surface area contributed by atoms with Gasteiger partial charge in [0.05, 0.1) is 10.9 Å². The van der Waals surface area contributed by atoms with Crippen molar-refractivity contribution < 1.29 is 18.3 Å². The summed E-state index contributed by atoms with van der Waals surface area (Å²) in [5.41, 5.74) is -0.576.